The van der Waals surface area contributed by atoms with E-state index in [1.807, 2.05) is 0 Å². The Morgan fingerprint density at radius 2 is 2.06 bits per heavy atom. The molecule has 0 spiro atoms. The highest BCUT2D eigenvalue weighted by Crippen LogP contribution is 2.20. The third-order valence-corrected chi connectivity index (χ3v) is 2.55. The summed E-state index contributed by atoms with van der Waals surface area (Å²) in [6.45, 7) is 0. The zero-order chi connectivity index (χ0) is 13.0. The van der Waals surface area contributed by atoms with Crippen LogP contribution in [0.1, 0.15) is 17.2 Å². The molecule has 0 amide bonds. The molecule has 6 heteroatoms. The maximum absolute atomic E-state index is 11.2. The number of carboxylic acids is 1. The third-order valence-electron chi connectivity index (χ3n) is 2.25. The Balaban J connectivity index is 3.02. The van der Waals surface area contributed by atoms with E-state index < -0.39 is 12.1 Å². The van der Waals surface area contributed by atoms with E-state index in [1.165, 1.54) is 18.2 Å². The first kappa shape index (κ1) is 13.5. The van der Waals surface area contributed by atoms with E-state index in [0.29, 0.717) is 11.3 Å². The number of carboxylic acid groups (broad SMARTS) is 1. The Morgan fingerprint density at radius 3 is 2.59 bits per heavy atom. The van der Waals surface area contributed by atoms with Crippen LogP contribution < -0.4 is 5.73 Å². The van der Waals surface area contributed by atoms with Gasteiger partial charge in [-0.3, -0.25) is 4.79 Å². The number of halogens is 1. The van der Waals surface area contributed by atoms with Crippen molar-refractivity contribution in [3.8, 4) is 0 Å². The number of carbonyl (C=O) groups excluding carboxylic acids is 1. The highest BCUT2D eigenvalue weighted by Gasteiger charge is 2.17. The van der Waals surface area contributed by atoms with Gasteiger partial charge in [-0.15, -0.1) is 11.6 Å². The highest BCUT2D eigenvalue weighted by molar-refractivity contribution is 6.27. The number of aliphatic carboxylic acids is 1. The molecule has 0 bridgehead atoms. The second-order valence-electron chi connectivity index (χ2n) is 3.55. The van der Waals surface area contributed by atoms with Crippen LogP contribution in [0.3, 0.4) is 0 Å². The summed E-state index contributed by atoms with van der Waals surface area (Å²) in [5.41, 5.74) is 6.66. The number of aliphatic hydroxyl groups is 1. The zero-order valence-electron chi connectivity index (χ0n) is 8.89. The van der Waals surface area contributed by atoms with Crippen molar-refractivity contribution in [3.63, 3.8) is 0 Å². The van der Waals surface area contributed by atoms with E-state index in [2.05, 4.69) is 0 Å². The predicted octanol–water partition coefficient (Wildman–Crippen LogP) is 0.737. The number of hydrogen-bond acceptors (Lipinski definition) is 4. The van der Waals surface area contributed by atoms with Crippen LogP contribution in [-0.2, 0) is 16.0 Å². The molecule has 17 heavy (non-hydrogen) atoms. The lowest BCUT2D eigenvalue weighted by molar-refractivity contribution is -0.146. The number of hydrogen-bond donors (Lipinski definition) is 3. The van der Waals surface area contributed by atoms with Gasteiger partial charge in [0.1, 0.15) is 0 Å². The van der Waals surface area contributed by atoms with Crippen molar-refractivity contribution in [3.05, 3.63) is 29.3 Å². The molecule has 1 rings (SSSR count). The van der Waals surface area contributed by atoms with E-state index in [4.69, 9.17) is 22.4 Å². The van der Waals surface area contributed by atoms with E-state index in [0.717, 1.165) is 0 Å². The molecular formula is C11H12ClNO4. The van der Waals surface area contributed by atoms with Crippen LogP contribution in [0, 0.1) is 0 Å². The van der Waals surface area contributed by atoms with Crippen molar-refractivity contribution in [1.82, 2.24) is 0 Å². The minimum atomic E-state index is -1.62. The topological polar surface area (TPSA) is 101 Å². The van der Waals surface area contributed by atoms with Gasteiger partial charge >= 0.3 is 5.97 Å². The first-order chi connectivity index (χ1) is 7.95. The lowest BCUT2D eigenvalue weighted by Gasteiger charge is -2.10. The summed E-state index contributed by atoms with van der Waals surface area (Å²) in [5, 5.41) is 18.0. The van der Waals surface area contributed by atoms with Crippen LogP contribution in [0.4, 0.5) is 5.69 Å². The number of nitrogen functional groups attached to an aromatic ring is 1. The van der Waals surface area contributed by atoms with Gasteiger partial charge in [0.2, 0.25) is 0 Å². The third kappa shape index (κ3) is 3.44. The Morgan fingerprint density at radius 1 is 1.41 bits per heavy atom. The van der Waals surface area contributed by atoms with Gasteiger partial charge in [0.15, 0.2) is 11.9 Å². The van der Waals surface area contributed by atoms with Crippen molar-refractivity contribution in [2.45, 2.75) is 12.5 Å². The SMILES string of the molecule is Nc1ccc(C(O)C(=O)O)cc1CC(=O)CCl. The normalized spacial score (nSPS) is 12.1. The molecule has 0 aliphatic carbocycles. The molecule has 0 aromatic heterocycles. The van der Waals surface area contributed by atoms with Crippen LogP contribution in [0.2, 0.25) is 0 Å². The van der Waals surface area contributed by atoms with Crippen molar-refractivity contribution >= 4 is 29.0 Å². The number of ketones is 1. The van der Waals surface area contributed by atoms with Crippen LogP contribution in [0.15, 0.2) is 18.2 Å². The van der Waals surface area contributed by atoms with Gasteiger partial charge < -0.3 is 15.9 Å². The highest BCUT2D eigenvalue weighted by atomic mass is 35.5. The summed E-state index contributed by atoms with van der Waals surface area (Å²) in [5.74, 6) is -1.71. The van der Waals surface area contributed by atoms with Crippen LogP contribution >= 0.6 is 11.6 Å². The van der Waals surface area contributed by atoms with Gasteiger partial charge in [0, 0.05) is 12.1 Å². The van der Waals surface area contributed by atoms with Gasteiger partial charge in [0.25, 0.3) is 0 Å². The Labute approximate surface area is 103 Å². The monoisotopic (exact) mass is 257 g/mol. The standard InChI is InChI=1S/C11H12ClNO4/c12-5-8(14)4-7-3-6(1-2-9(7)13)10(15)11(16)17/h1-3,10,15H,4-5,13H2,(H,16,17). The van der Waals surface area contributed by atoms with E-state index in [-0.39, 0.29) is 23.6 Å². The molecule has 1 atom stereocenters. The summed E-state index contributed by atoms with van der Waals surface area (Å²) in [4.78, 5) is 21.8. The number of aliphatic hydroxyl groups excluding tert-OH is 1. The Bertz CT molecular complexity index is 447. The summed E-state index contributed by atoms with van der Waals surface area (Å²) < 4.78 is 0. The van der Waals surface area contributed by atoms with Crippen LogP contribution in [0.5, 0.6) is 0 Å². The van der Waals surface area contributed by atoms with Crippen LogP contribution in [0.25, 0.3) is 0 Å². The number of anilines is 1. The van der Waals surface area contributed by atoms with Crippen LogP contribution in [-0.4, -0.2) is 27.8 Å². The molecule has 0 heterocycles. The van der Waals surface area contributed by atoms with Crippen molar-refractivity contribution in [1.29, 1.82) is 0 Å². The fourth-order valence-corrected chi connectivity index (χ4v) is 1.45. The first-order valence-electron chi connectivity index (χ1n) is 4.82. The molecule has 5 nitrogen and oxygen atoms in total. The Kier molecular flexibility index (Phi) is 4.48. The molecule has 92 valence electrons. The zero-order valence-corrected chi connectivity index (χ0v) is 9.65. The van der Waals surface area contributed by atoms with E-state index in [9.17, 15) is 14.7 Å². The number of carbonyl (C=O) groups is 2. The van der Waals surface area contributed by atoms with Gasteiger partial charge in [-0.2, -0.15) is 0 Å². The number of rotatable bonds is 5. The lowest BCUT2D eigenvalue weighted by Crippen LogP contribution is -2.12. The maximum atomic E-state index is 11.2. The molecular weight excluding hydrogens is 246 g/mol. The predicted molar refractivity (Wildman–Crippen MR) is 62.9 cm³/mol. The maximum Gasteiger partial charge on any atom is 0.337 e. The van der Waals surface area contributed by atoms with Gasteiger partial charge in [-0.25, -0.2) is 4.79 Å². The van der Waals surface area contributed by atoms with E-state index in [1.54, 1.807) is 0 Å². The second kappa shape index (κ2) is 5.65. The summed E-state index contributed by atoms with van der Waals surface area (Å²) in [6, 6.07) is 4.26. The van der Waals surface area contributed by atoms with Crippen molar-refractivity contribution in [2.75, 3.05) is 11.6 Å². The molecule has 1 unspecified atom stereocenters. The molecule has 0 aliphatic heterocycles. The van der Waals surface area contributed by atoms with Gasteiger partial charge in [0.05, 0.1) is 5.88 Å². The number of Topliss-reactive ketones (excluding diaryl/α,β-unsaturated/α-hetero) is 1. The minimum Gasteiger partial charge on any atom is -0.479 e. The Hall–Kier alpha value is -1.59. The molecule has 1 aromatic rings. The number of benzene rings is 1. The summed E-state index contributed by atoms with van der Waals surface area (Å²) >= 11 is 5.37. The minimum absolute atomic E-state index is 0.0233. The van der Waals surface area contributed by atoms with Crippen molar-refractivity contribution in [2.24, 2.45) is 0 Å². The second-order valence-corrected chi connectivity index (χ2v) is 3.82. The lowest BCUT2D eigenvalue weighted by atomic mass is 10.0. The molecule has 1 aromatic carbocycles. The van der Waals surface area contributed by atoms with Gasteiger partial charge in [-0.05, 0) is 17.2 Å². The molecule has 0 saturated heterocycles. The average molecular weight is 258 g/mol. The first-order valence-corrected chi connectivity index (χ1v) is 5.36. The molecule has 4 N–H and O–H groups in total. The average Bonchev–Trinajstić information content (AvgIpc) is 2.30. The molecule has 0 aliphatic rings. The number of alkyl halides is 1. The fourth-order valence-electron chi connectivity index (χ4n) is 1.35. The molecule has 0 radical (unpaired) electrons. The fraction of sp³-hybridized carbons (Fsp3) is 0.273. The summed E-state index contributed by atoms with van der Waals surface area (Å²) in [7, 11) is 0. The van der Waals surface area contributed by atoms with E-state index >= 15 is 0 Å². The van der Waals surface area contributed by atoms with Crippen molar-refractivity contribution < 1.29 is 19.8 Å². The largest absolute Gasteiger partial charge is 0.479 e. The quantitative estimate of drug-likeness (QED) is 0.533. The molecule has 0 fully saturated rings. The smallest absolute Gasteiger partial charge is 0.337 e. The summed E-state index contributed by atoms with van der Waals surface area (Å²) in [6.07, 6.45) is -1.60. The molecule has 0 saturated carbocycles. The number of nitrogens with two attached hydrogens (primary N) is 1. The van der Waals surface area contributed by atoms with Gasteiger partial charge in [-0.1, -0.05) is 12.1 Å².